The van der Waals surface area contributed by atoms with Gasteiger partial charge in [0.15, 0.2) is 0 Å². The number of nitrogens with one attached hydrogen (secondary N) is 1. The van der Waals surface area contributed by atoms with Gasteiger partial charge in [-0.05, 0) is 5.56 Å². The fourth-order valence-electron chi connectivity index (χ4n) is 2.83. The lowest BCUT2D eigenvalue weighted by Crippen LogP contribution is -2.48. The molecule has 0 aromatic heterocycles. The Morgan fingerprint density at radius 1 is 1.04 bits per heavy atom. The van der Waals surface area contributed by atoms with Crippen molar-refractivity contribution in [3.8, 4) is 0 Å². The largest absolute Gasteiger partial charge is 0.356 e. The molecule has 2 amide bonds. The van der Waals surface area contributed by atoms with Gasteiger partial charge in [0.05, 0.1) is 5.75 Å². The Morgan fingerprint density at radius 2 is 1.69 bits per heavy atom. The average Bonchev–Trinajstić information content (AvgIpc) is 2.61. The summed E-state index contributed by atoms with van der Waals surface area (Å²) < 4.78 is 22.0. The normalized spacial score (nSPS) is 15.7. The van der Waals surface area contributed by atoms with Gasteiger partial charge in [-0.15, -0.1) is 0 Å². The van der Waals surface area contributed by atoms with E-state index in [-0.39, 0.29) is 37.0 Å². The number of hydrogen-bond acceptors (Lipinski definition) is 5. The maximum absolute atomic E-state index is 12.2. The van der Waals surface area contributed by atoms with Crippen LogP contribution >= 0.6 is 0 Å². The van der Waals surface area contributed by atoms with E-state index in [1.165, 1.54) is 5.56 Å². The molecule has 144 valence electrons. The number of piperazine rings is 1. The van der Waals surface area contributed by atoms with Gasteiger partial charge in [-0.3, -0.25) is 14.5 Å². The van der Waals surface area contributed by atoms with Crippen LogP contribution in [0.15, 0.2) is 30.3 Å². The van der Waals surface area contributed by atoms with E-state index >= 15 is 0 Å². The number of hydrogen-bond donors (Lipinski definition) is 1. The predicted molar refractivity (Wildman–Crippen MR) is 100 cm³/mol. The lowest BCUT2D eigenvalue weighted by molar-refractivity contribution is -0.133. The predicted octanol–water partition coefficient (Wildman–Crippen LogP) is 0.272. The maximum Gasteiger partial charge on any atom is 0.224 e. The number of benzene rings is 1. The van der Waals surface area contributed by atoms with E-state index in [1.807, 2.05) is 23.1 Å². The minimum absolute atomic E-state index is 0.0211. The molecule has 0 atom stereocenters. The molecule has 0 saturated carbocycles. The third-order valence-corrected chi connectivity index (χ3v) is 5.28. The standard InChI is InChI=1S/C18H27N3O4S/c1-26(24,25)14-8-17(22)19-9-7-18(23)21-12-10-20(11-13-21)15-16-5-3-2-4-6-16/h2-6H,7-15H2,1H3,(H,19,22). The Labute approximate surface area is 155 Å². The smallest absolute Gasteiger partial charge is 0.224 e. The summed E-state index contributed by atoms with van der Waals surface area (Å²) in [7, 11) is -3.15. The molecule has 0 unspecified atom stereocenters. The number of amides is 2. The summed E-state index contributed by atoms with van der Waals surface area (Å²) in [6.45, 7) is 4.18. The van der Waals surface area contributed by atoms with Crippen LogP contribution in [0.3, 0.4) is 0 Å². The van der Waals surface area contributed by atoms with Gasteiger partial charge in [0.25, 0.3) is 0 Å². The quantitative estimate of drug-likeness (QED) is 0.699. The number of carbonyl (C=O) groups is 2. The first-order valence-electron chi connectivity index (χ1n) is 8.82. The van der Waals surface area contributed by atoms with Gasteiger partial charge in [0.2, 0.25) is 11.8 Å². The van der Waals surface area contributed by atoms with Crippen molar-refractivity contribution in [1.29, 1.82) is 0 Å². The molecule has 1 fully saturated rings. The van der Waals surface area contributed by atoms with Crippen LogP contribution in [0.4, 0.5) is 0 Å². The summed E-state index contributed by atoms with van der Waals surface area (Å²) in [6, 6.07) is 10.3. The van der Waals surface area contributed by atoms with Crippen LogP contribution in [0, 0.1) is 0 Å². The molecule has 7 nitrogen and oxygen atoms in total. The molecule has 1 N–H and O–H groups in total. The van der Waals surface area contributed by atoms with Crippen molar-refractivity contribution in [3.05, 3.63) is 35.9 Å². The van der Waals surface area contributed by atoms with Crippen molar-refractivity contribution in [2.45, 2.75) is 19.4 Å². The zero-order chi connectivity index (χ0) is 19.0. The molecular formula is C18H27N3O4S. The van der Waals surface area contributed by atoms with Gasteiger partial charge in [-0.25, -0.2) is 8.42 Å². The van der Waals surface area contributed by atoms with E-state index in [0.717, 1.165) is 25.9 Å². The van der Waals surface area contributed by atoms with Crippen LogP contribution in [0.25, 0.3) is 0 Å². The van der Waals surface area contributed by atoms with E-state index in [1.54, 1.807) is 0 Å². The molecule has 1 aromatic carbocycles. The molecule has 26 heavy (non-hydrogen) atoms. The van der Waals surface area contributed by atoms with Crippen LogP contribution in [0.5, 0.6) is 0 Å². The van der Waals surface area contributed by atoms with Crippen LogP contribution in [-0.2, 0) is 26.0 Å². The summed E-state index contributed by atoms with van der Waals surface area (Å²) in [4.78, 5) is 27.9. The minimum Gasteiger partial charge on any atom is -0.356 e. The highest BCUT2D eigenvalue weighted by Crippen LogP contribution is 2.09. The zero-order valence-electron chi connectivity index (χ0n) is 15.2. The lowest BCUT2D eigenvalue weighted by Gasteiger charge is -2.34. The van der Waals surface area contributed by atoms with E-state index in [2.05, 4.69) is 22.3 Å². The van der Waals surface area contributed by atoms with Gasteiger partial charge in [-0.2, -0.15) is 0 Å². The number of nitrogens with zero attached hydrogens (tertiary/aromatic N) is 2. The highest BCUT2D eigenvalue weighted by Gasteiger charge is 2.20. The van der Waals surface area contributed by atoms with Gasteiger partial charge >= 0.3 is 0 Å². The third kappa shape index (κ3) is 7.53. The maximum atomic E-state index is 12.2. The molecule has 1 saturated heterocycles. The highest BCUT2D eigenvalue weighted by molar-refractivity contribution is 7.90. The Balaban J connectivity index is 1.63. The second-order valence-electron chi connectivity index (χ2n) is 6.62. The van der Waals surface area contributed by atoms with E-state index in [4.69, 9.17) is 0 Å². The van der Waals surface area contributed by atoms with Crippen LogP contribution < -0.4 is 5.32 Å². The van der Waals surface area contributed by atoms with Crippen molar-refractivity contribution in [3.63, 3.8) is 0 Å². The van der Waals surface area contributed by atoms with Crippen molar-refractivity contribution in [2.24, 2.45) is 0 Å². The molecule has 0 radical (unpaired) electrons. The zero-order valence-corrected chi connectivity index (χ0v) is 16.0. The van der Waals surface area contributed by atoms with Crippen LogP contribution in [-0.4, -0.2) is 74.8 Å². The van der Waals surface area contributed by atoms with Crippen molar-refractivity contribution >= 4 is 21.7 Å². The third-order valence-electron chi connectivity index (χ3n) is 4.33. The molecule has 1 heterocycles. The number of rotatable bonds is 8. The first-order chi connectivity index (χ1) is 12.3. The minimum atomic E-state index is -3.15. The lowest BCUT2D eigenvalue weighted by atomic mass is 10.2. The fourth-order valence-corrected chi connectivity index (χ4v) is 3.39. The molecule has 1 aliphatic rings. The van der Waals surface area contributed by atoms with Crippen molar-refractivity contribution in [1.82, 2.24) is 15.1 Å². The first kappa shape index (κ1) is 20.4. The Kier molecular flexibility index (Phi) is 7.59. The molecule has 1 aliphatic heterocycles. The van der Waals surface area contributed by atoms with E-state index in [0.29, 0.717) is 13.1 Å². The summed E-state index contributed by atoms with van der Waals surface area (Å²) in [5.74, 6) is -0.487. The second-order valence-corrected chi connectivity index (χ2v) is 8.88. The Hall–Kier alpha value is -1.93. The molecule has 8 heteroatoms. The van der Waals surface area contributed by atoms with Crippen LogP contribution in [0.1, 0.15) is 18.4 Å². The van der Waals surface area contributed by atoms with E-state index < -0.39 is 9.84 Å². The summed E-state index contributed by atoms with van der Waals surface area (Å²) in [5, 5.41) is 2.61. The summed E-state index contributed by atoms with van der Waals surface area (Å²) in [5.41, 5.74) is 1.27. The topological polar surface area (TPSA) is 86.8 Å². The number of carbonyl (C=O) groups excluding carboxylic acids is 2. The fraction of sp³-hybridized carbons (Fsp3) is 0.556. The van der Waals surface area contributed by atoms with E-state index in [9.17, 15) is 18.0 Å². The van der Waals surface area contributed by atoms with Gasteiger partial charge in [0, 0.05) is 58.4 Å². The molecular weight excluding hydrogens is 354 g/mol. The number of sulfone groups is 1. The second kappa shape index (κ2) is 9.68. The van der Waals surface area contributed by atoms with Gasteiger partial charge < -0.3 is 10.2 Å². The first-order valence-corrected chi connectivity index (χ1v) is 10.9. The summed E-state index contributed by atoms with van der Waals surface area (Å²) in [6.07, 6.45) is 1.27. The van der Waals surface area contributed by atoms with Crippen molar-refractivity contribution < 1.29 is 18.0 Å². The van der Waals surface area contributed by atoms with Crippen LogP contribution in [0.2, 0.25) is 0 Å². The molecule has 0 aliphatic carbocycles. The average molecular weight is 381 g/mol. The SMILES string of the molecule is CS(=O)(=O)CCC(=O)NCCC(=O)N1CCN(Cc2ccccc2)CC1. The molecule has 1 aromatic rings. The monoisotopic (exact) mass is 381 g/mol. The van der Waals surface area contributed by atoms with Gasteiger partial charge in [0.1, 0.15) is 9.84 Å². The molecule has 2 rings (SSSR count). The highest BCUT2D eigenvalue weighted by atomic mass is 32.2. The molecule has 0 bridgehead atoms. The molecule has 0 spiro atoms. The Morgan fingerprint density at radius 3 is 2.31 bits per heavy atom. The Bertz CT molecular complexity index is 698. The van der Waals surface area contributed by atoms with Gasteiger partial charge in [-0.1, -0.05) is 30.3 Å². The van der Waals surface area contributed by atoms with Crippen molar-refractivity contribution in [2.75, 3.05) is 44.7 Å². The summed E-state index contributed by atoms with van der Waals surface area (Å²) >= 11 is 0.